The van der Waals surface area contributed by atoms with Crippen LogP contribution in [0.4, 0.5) is 5.69 Å². The van der Waals surface area contributed by atoms with Crippen LogP contribution in [0.3, 0.4) is 0 Å². The number of anilines is 1. The molecule has 1 N–H and O–H groups in total. The summed E-state index contributed by atoms with van der Waals surface area (Å²) in [4.78, 5) is 28.0. The van der Waals surface area contributed by atoms with Crippen molar-refractivity contribution >= 4 is 39.1 Å². The first kappa shape index (κ1) is 28.2. The number of aryl methyl sites for hydroxylation is 2. The predicted molar refractivity (Wildman–Crippen MR) is 147 cm³/mol. The zero-order valence-electron chi connectivity index (χ0n) is 21.4. The SMILES string of the molecule is CCNC(=O)C(C)N(Cc1ccc(C)cc1)C(=O)CN(c1ccc(Cl)cc1)S(=O)(=O)c1ccc(C)cc1. The number of sulfonamides is 1. The van der Waals surface area contributed by atoms with Gasteiger partial charge in [-0.1, -0.05) is 59.1 Å². The lowest BCUT2D eigenvalue weighted by Crippen LogP contribution is -2.51. The van der Waals surface area contributed by atoms with Gasteiger partial charge in [0.1, 0.15) is 12.6 Å². The molecular weight excluding hydrogens is 510 g/mol. The zero-order chi connectivity index (χ0) is 27.2. The lowest BCUT2D eigenvalue weighted by atomic mass is 10.1. The second-order valence-electron chi connectivity index (χ2n) is 8.88. The van der Waals surface area contributed by atoms with Crippen LogP contribution >= 0.6 is 11.6 Å². The summed E-state index contributed by atoms with van der Waals surface area (Å²) in [6.07, 6.45) is 0. The molecule has 3 rings (SSSR count). The van der Waals surface area contributed by atoms with E-state index in [4.69, 9.17) is 11.6 Å². The lowest BCUT2D eigenvalue weighted by Gasteiger charge is -2.32. The van der Waals surface area contributed by atoms with Crippen LogP contribution in [-0.4, -0.2) is 44.3 Å². The largest absolute Gasteiger partial charge is 0.355 e. The van der Waals surface area contributed by atoms with E-state index >= 15 is 0 Å². The van der Waals surface area contributed by atoms with Gasteiger partial charge in [-0.3, -0.25) is 13.9 Å². The summed E-state index contributed by atoms with van der Waals surface area (Å²) >= 11 is 6.04. The van der Waals surface area contributed by atoms with E-state index < -0.39 is 28.5 Å². The third-order valence-electron chi connectivity index (χ3n) is 5.99. The maximum absolute atomic E-state index is 13.8. The monoisotopic (exact) mass is 541 g/mol. The number of carbonyl (C=O) groups is 2. The Labute approximate surface area is 224 Å². The standard InChI is InChI=1S/C28H32ClN3O4S/c1-5-30-28(34)22(4)31(18-23-10-6-20(2)7-11-23)27(33)19-32(25-14-12-24(29)13-15-25)37(35,36)26-16-8-21(3)9-17-26/h6-17,22H,5,18-19H2,1-4H3,(H,30,34). The van der Waals surface area contributed by atoms with Crippen LogP contribution in [0.1, 0.15) is 30.5 Å². The molecule has 7 nitrogen and oxygen atoms in total. The lowest BCUT2D eigenvalue weighted by molar-refractivity contribution is -0.139. The molecule has 0 aliphatic rings. The summed E-state index contributed by atoms with van der Waals surface area (Å²) in [6.45, 7) is 7.33. The van der Waals surface area contributed by atoms with Gasteiger partial charge in [-0.05, 0) is 69.7 Å². The molecule has 0 bridgehead atoms. The summed E-state index contributed by atoms with van der Waals surface area (Å²) in [7, 11) is -4.10. The summed E-state index contributed by atoms with van der Waals surface area (Å²) in [5.41, 5.74) is 3.10. The highest BCUT2D eigenvalue weighted by atomic mass is 35.5. The number of halogens is 1. The number of hydrogen-bond donors (Lipinski definition) is 1. The van der Waals surface area contributed by atoms with Crippen molar-refractivity contribution in [2.75, 3.05) is 17.4 Å². The number of amides is 2. The first-order chi connectivity index (χ1) is 17.5. The van der Waals surface area contributed by atoms with Crippen LogP contribution < -0.4 is 9.62 Å². The van der Waals surface area contributed by atoms with Crippen LogP contribution in [0, 0.1) is 13.8 Å². The number of rotatable bonds is 10. The first-order valence-electron chi connectivity index (χ1n) is 12.0. The number of hydrogen-bond acceptors (Lipinski definition) is 4. The van der Waals surface area contributed by atoms with E-state index in [2.05, 4.69) is 5.32 Å². The Morgan fingerprint density at radius 1 is 0.892 bits per heavy atom. The molecular formula is C28H32ClN3O4S. The molecule has 3 aromatic carbocycles. The van der Waals surface area contributed by atoms with E-state index in [1.165, 1.54) is 17.0 Å². The van der Waals surface area contributed by atoms with Crippen molar-refractivity contribution < 1.29 is 18.0 Å². The number of benzene rings is 3. The van der Waals surface area contributed by atoms with Crippen molar-refractivity contribution in [2.24, 2.45) is 0 Å². The summed E-state index contributed by atoms with van der Waals surface area (Å²) in [5.74, 6) is -0.827. The van der Waals surface area contributed by atoms with Gasteiger partial charge < -0.3 is 10.2 Å². The number of carbonyl (C=O) groups excluding carboxylic acids is 2. The van der Waals surface area contributed by atoms with Crippen molar-refractivity contribution in [3.8, 4) is 0 Å². The van der Waals surface area contributed by atoms with Crippen molar-refractivity contribution in [3.63, 3.8) is 0 Å². The van der Waals surface area contributed by atoms with Gasteiger partial charge in [0.25, 0.3) is 10.0 Å². The minimum atomic E-state index is -4.10. The Kier molecular flexibility index (Phi) is 9.34. The molecule has 0 aliphatic carbocycles. The van der Waals surface area contributed by atoms with Crippen molar-refractivity contribution in [1.82, 2.24) is 10.2 Å². The molecule has 0 heterocycles. The quantitative estimate of drug-likeness (QED) is 0.403. The fourth-order valence-electron chi connectivity index (χ4n) is 3.77. The Hall–Kier alpha value is -3.36. The van der Waals surface area contributed by atoms with Gasteiger partial charge >= 0.3 is 0 Å². The third-order valence-corrected chi connectivity index (χ3v) is 8.03. The second kappa shape index (κ2) is 12.3. The van der Waals surface area contributed by atoms with Crippen LogP contribution in [0.2, 0.25) is 5.02 Å². The fourth-order valence-corrected chi connectivity index (χ4v) is 5.31. The minimum Gasteiger partial charge on any atom is -0.355 e. The third kappa shape index (κ3) is 7.11. The fraction of sp³-hybridized carbons (Fsp3) is 0.286. The van der Waals surface area contributed by atoms with Gasteiger partial charge in [0.2, 0.25) is 11.8 Å². The highest BCUT2D eigenvalue weighted by molar-refractivity contribution is 7.92. The molecule has 1 unspecified atom stereocenters. The molecule has 2 amide bonds. The van der Waals surface area contributed by atoms with Crippen LogP contribution in [0.15, 0.2) is 77.7 Å². The minimum absolute atomic E-state index is 0.0581. The van der Waals surface area contributed by atoms with Gasteiger partial charge in [-0.25, -0.2) is 8.42 Å². The van der Waals surface area contributed by atoms with Crippen molar-refractivity contribution in [2.45, 2.75) is 45.2 Å². The van der Waals surface area contributed by atoms with Crippen LogP contribution in [-0.2, 0) is 26.2 Å². The molecule has 1 atom stereocenters. The van der Waals surface area contributed by atoms with E-state index in [-0.39, 0.29) is 17.3 Å². The van der Waals surface area contributed by atoms with E-state index in [1.54, 1.807) is 50.2 Å². The number of nitrogens with one attached hydrogen (secondary N) is 1. The maximum atomic E-state index is 13.8. The Morgan fingerprint density at radius 2 is 1.43 bits per heavy atom. The molecule has 0 spiro atoms. The average molecular weight is 542 g/mol. The molecule has 0 aromatic heterocycles. The summed E-state index contributed by atoms with van der Waals surface area (Å²) < 4.78 is 28.5. The predicted octanol–water partition coefficient (Wildman–Crippen LogP) is 4.71. The van der Waals surface area contributed by atoms with Gasteiger partial charge in [-0.15, -0.1) is 0 Å². The number of likely N-dealkylation sites (N-methyl/N-ethyl adjacent to an activating group) is 1. The summed E-state index contributed by atoms with van der Waals surface area (Å²) in [5, 5.41) is 3.19. The highest BCUT2D eigenvalue weighted by Crippen LogP contribution is 2.26. The molecule has 0 aliphatic heterocycles. The normalized spacial score (nSPS) is 12.0. The first-order valence-corrected chi connectivity index (χ1v) is 13.8. The summed E-state index contributed by atoms with van der Waals surface area (Å²) in [6, 6.07) is 19.5. The Morgan fingerprint density at radius 3 is 1.97 bits per heavy atom. The smallest absolute Gasteiger partial charge is 0.264 e. The average Bonchev–Trinajstić information content (AvgIpc) is 2.87. The highest BCUT2D eigenvalue weighted by Gasteiger charge is 2.32. The topological polar surface area (TPSA) is 86.8 Å². The van der Waals surface area contributed by atoms with Crippen LogP contribution in [0.25, 0.3) is 0 Å². The Balaban J connectivity index is 2.01. The molecule has 0 saturated heterocycles. The van der Waals surface area contributed by atoms with Gasteiger partial charge in [0.05, 0.1) is 10.6 Å². The maximum Gasteiger partial charge on any atom is 0.264 e. The molecule has 37 heavy (non-hydrogen) atoms. The van der Waals surface area contributed by atoms with E-state index in [0.29, 0.717) is 17.3 Å². The van der Waals surface area contributed by atoms with E-state index in [9.17, 15) is 18.0 Å². The van der Waals surface area contributed by atoms with Crippen molar-refractivity contribution in [3.05, 3.63) is 94.5 Å². The van der Waals surface area contributed by atoms with E-state index in [0.717, 1.165) is 21.0 Å². The Bertz CT molecular complexity index is 1330. The molecule has 0 saturated carbocycles. The van der Waals surface area contributed by atoms with Gasteiger partial charge in [0.15, 0.2) is 0 Å². The zero-order valence-corrected chi connectivity index (χ0v) is 23.0. The second-order valence-corrected chi connectivity index (χ2v) is 11.2. The molecule has 9 heteroatoms. The molecule has 0 fully saturated rings. The van der Waals surface area contributed by atoms with Gasteiger partial charge in [0, 0.05) is 18.1 Å². The molecule has 3 aromatic rings. The number of nitrogens with zero attached hydrogens (tertiary/aromatic N) is 2. The van der Waals surface area contributed by atoms with Crippen LogP contribution in [0.5, 0.6) is 0 Å². The molecule has 196 valence electrons. The molecule has 0 radical (unpaired) electrons. The van der Waals surface area contributed by atoms with Crippen molar-refractivity contribution in [1.29, 1.82) is 0 Å². The van der Waals surface area contributed by atoms with E-state index in [1.807, 2.05) is 38.1 Å². The van der Waals surface area contributed by atoms with Gasteiger partial charge in [-0.2, -0.15) is 0 Å².